The zero-order valence-electron chi connectivity index (χ0n) is 20.1. The van der Waals surface area contributed by atoms with Crippen molar-refractivity contribution in [3.8, 4) is 11.8 Å². The van der Waals surface area contributed by atoms with Crippen LogP contribution in [0.15, 0.2) is 53.1 Å². The van der Waals surface area contributed by atoms with Crippen molar-refractivity contribution in [2.24, 2.45) is 5.92 Å². The van der Waals surface area contributed by atoms with Gasteiger partial charge in [-0.2, -0.15) is 5.26 Å². The highest BCUT2D eigenvalue weighted by Crippen LogP contribution is 2.42. The first-order valence-corrected chi connectivity index (χ1v) is 12.7. The summed E-state index contributed by atoms with van der Waals surface area (Å²) in [5.41, 5.74) is 2.41. The van der Waals surface area contributed by atoms with Gasteiger partial charge in [0.1, 0.15) is 11.7 Å². The molecule has 0 radical (unpaired) electrons. The van der Waals surface area contributed by atoms with Crippen molar-refractivity contribution in [2.45, 2.75) is 26.2 Å². The Morgan fingerprint density at radius 3 is 2.50 bits per heavy atom. The van der Waals surface area contributed by atoms with Crippen LogP contribution in [-0.2, 0) is 25.5 Å². The lowest BCUT2D eigenvalue weighted by atomic mass is 9.78. The number of anilines is 1. The van der Waals surface area contributed by atoms with Crippen LogP contribution in [-0.4, -0.2) is 37.3 Å². The van der Waals surface area contributed by atoms with E-state index in [0.29, 0.717) is 23.6 Å². The molecule has 0 saturated carbocycles. The summed E-state index contributed by atoms with van der Waals surface area (Å²) < 4.78 is 10.3. The minimum Gasteiger partial charge on any atom is -0.492 e. The molecule has 2 aromatic carbocycles. The lowest BCUT2D eigenvalue weighted by Gasteiger charge is -2.31. The van der Waals surface area contributed by atoms with E-state index in [4.69, 9.17) is 21.1 Å². The van der Waals surface area contributed by atoms with Gasteiger partial charge in [-0.1, -0.05) is 48.5 Å². The fourth-order valence-electron chi connectivity index (χ4n) is 3.82. The van der Waals surface area contributed by atoms with Crippen LogP contribution in [0.5, 0.6) is 5.75 Å². The molecule has 10 heteroatoms. The second-order valence-corrected chi connectivity index (χ2v) is 9.23. The van der Waals surface area contributed by atoms with Gasteiger partial charge in [0, 0.05) is 11.6 Å². The summed E-state index contributed by atoms with van der Waals surface area (Å²) >= 11 is 7.36. The Bertz CT molecular complexity index is 1220. The number of esters is 1. The molecule has 0 spiro atoms. The maximum Gasteiger partial charge on any atom is 0.319 e. The van der Waals surface area contributed by atoms with Gasteiger partial charge in [0.15, 0.2) is 0 Å². The molecule has 188 valence electrons. The number of nitrogens with zero attached hydrogens (tertiary/aromatic N) is 1. The number of hydrogen-bond donors (Lipinski definition) is 2. The maximum absolute atomic E-state index is 13.0. The molecule has 3 rings (SSSR count). The average Bonchev–Trinajstić information content (AvgIpc) is 2.88. The van der Waals surface area contributed by atoms with Crippen molar-refractivity contribution in [1.82, 2.24) is 5.32 Å². The highest BCUT2D eigenvalue weighted by Gasteiger charge is 2.44. The number of benzene rings is 2. The first kappa shape index (κ1) is 27.1. The van der Waals surface area contributed by atoms with Gasteiger partial charge in [0.05, 0.1) is 41.2 Å². The van der Waals surface area contributed by atoms with E-state index in [9.17, 15) is 19.6 Å². The number of carbonyl (C=O) groups excluding carboxylic acids is 3. The zero-order valence-corrected chi connectivity index (χ0v) is 21.7. The molecule has 0 aliphatic carbocycles. The van der Waals surface area contributed by atoms with Gasteiger partial charge in [0.2, 0.25) is 11.8 Å². The number of carbonyl (C=O) groups is 3. The van der Waals surface area contributed by atoms with Crippen molar-refractivity contribution in [1.29, 1.82) is 5.26 Å². The third-order valence-corrected chi connectivity index (χ3v) is 6.90. The minimum absolute atomic E-state index is 0.0596. The van der Waals surface area contributed by atoms with Gasteiger partial charge in [-0.15, -0.1) is 0 Å². The second-order valence-electron chi connectivity index (χ2n) is 7.83. The first-order valence-electron chi connectivity index (χ1n) is 11.3. The van der Waals surface area contributed by atoms with Gasteiger partial charge in [0.25, 0.3) is 0 Å². The van der Waals surface area contributed by atoms with Crippen LogP contribution in [0.3, 0.4) is 0 Å². The second kappa shape index (κ2) is 12.5. The van der Waals surface area contributed by atoms with E-state index >= 15 is 0 Å². The molecule has 2 aromatic rings. The number of aryl methyl sites for hydroxylation is 1. The van der Waals surface area contributed by atoms with Crippen LogP contribution in [0.2, 0.25) is 5.02 Å². The highest BCUT2D eigenvalue weighted by atomic mass is 35.5. The third kappa shape index (κ3) is 6.20. The van der Waals surface area contributed by atoms with E-state index in [0.717, 1.165) is 23.7 Å². The molecule has 0 bridgehead atoms. The molecule has 2 N–H and O–H groups in total. The monoisotopic (exact) mass is 527 g/mol. The molecule has 1 aliphatic rings. The first-order chi connectivity index (χ1) is 17.3. The standard InChI is InChI=1S/C26H26ClN3O5S/c1-4-15-6-9-17(10-7-15)29-21(31)14-36-25-18(13-28)22(23(24(32)30-25)26(33)34-3)16-8-11-20(35-5-2)19(27)12-16/h6-12,22-23H,4-5,14H2,1-3H3,(H,29,31)(H,30,32)/t22-,23+/m1/s1. The molecule has 2 amide bonds. The van der Waals surface area contributed by atoms with Crippen LogP contribution >= 0.6 is 23.4 Å². The summed E-state index contributed by atoms with van der Waals surface area (Å²) in [4.78, 5) is 38.1. The van der Waals surface area contributed by atoms with Crippen molar-refractivity contribution < 1.29 is 23.9 Å². The summed E-state index contributed by atoms with van der Waals surface area (Å²) in [7, 11) is 1.18. The number of nitrogens with one attached hydrogen (secondary N) is 2. The Hall–Kier alpha value is -3.48. The van der Waals surface area contributed by atoms with E-state index < -0.39 is 23.7 Å². The quantitative estimate of drug-likeness (QED) is 0.366. The molecule has 0 unspecified atom stereocenters. The number of ether oxygens (including phenoxy) is 2. The van der Waals surface area contributed by atoms with Crippen molar-refractivity contribution in [2.75, 3.05) is 24.8 Å². The van der Waals surface area contributed by atoms with Crippen LogP contribution in [0.1, 0.15) is 30.9 Å². The predicted molar refractivity (Wildman–Crippen MR) is 139 cm³/mol. The summed E-state index contributed by atoms with van der Waals surface area (Å²) in [5.74, 6) is -3.58. The zero-order chi connectivity index (χ0) is 26.2. The Morgan fingerprint density at radius 2 is 1.92 bits per heavy atom. The molecule has 36 heavy (non-hydrogen) atoms. The molecule has 2 atom stereocenters. The number of methoxy groups -OCH3 is 1. The van der Waals surface area contributed by atoms with Gasteiger partial charge in [-0.25, -0.2) is 0 Å². The normalized spacial score (nSPS) is 17.1. The molecule has 1 aliphatic heterocycles. The number of allylic oxidation sites excluding steroid dienone is 1. The van der Waals surface area contributed by atoms with E-state index in [1.807, 2.05) is 38.1 Å². The summed E-state index contributed by atoms with van der Waals surface area (Å²) in [6.45, 7) is 4.27. The smallest absolute Gasteiger partial charge is 0.319 e. The van der Waals surface area contributed by atoms with Crippen LogP contribution in [0, 0.1) is 17.2 Å². The predicted octanol–water partition coefficient (Wildman–Crippen LogP) is 4.41. The van der Waals surface area contributed by atoms with Gasteiger partial charge in [-0.3, -0.25) is 14.4 Å². The number of thioether (sulfide) groups is 1. The third-order valence-electron chi connectivity index (χ3n) is 5.59. The Morgan fingerprint density at radius 1 is 1.19 bits per heavy atom. The number of rotatable bonds is 9. The molecular formula is C26H26ClN3O5S. The summed E-state index contributed by atoms with van der Waals surface area (Å²) in [5, 5.41) is 15.9. The Labute approximate surface area is 219 Å². The average molecular weight is 528 g/mol. The van der Waals surface area contributed by atoms with Crippen LogP contribution in [0.25, 0.3) is 0 Å². The van der Waals surface area contributed by atoms with Crippen LogP contribution in [0.4, 0.5) is 5.69 Å². The molecule has 1 heterocycles. The van der Waals surface area contributed by atoms with Gasteiger partial charge >= 0.3 is 5.97 Å². The minimum atomic E-state index is -1.30. The Kier molecular flexibility index (Phi) is 9.39. The van der Waals surface area contributed by atoms with E-state index in [1.165, 1.54) is 7.11 Å². The lowest BCUT2D eigenvalue weighted by Crippen LogP contribution is -2.44. The summed E-state index contributed by atoms with van der Waals surface area (Å²) in [6.07, 6.45) is 0.891. The van der Waals surface area contributed by atoms with Crippen molar-refractivity contribution in [3.63, 3.8) is 0 Å². The molecule has 0 saturated heterocycles. The lowest BCUT2D eigenvalue weighted by molar-refractivity contribution is -0.150. The van der Waals surface area contributed by atoms with Crippen LogP contribution < -0.4 is 15.4 Å². The molecular weight excluding hydrogens is 502 g/mol. The van der Waals surface area contributed by atoms with Crippen molar-refractivity contribution >= 4 is 46.8 Å². The van der Waals surface area contributed by atoms with E-state index in [-0.39, 0.29) is 27.3 Å². The number of hydrogen-bond acceptors (Lipinski definition) is 7. The fourth-order valence-corrected chi connectivity index (χ4v) is 4.91. The van der Waals surface area contributed by atoms with E-state index in [2.05, 4.69) is 16.7 Å². The molecule has 8 nitrogen and oxygen atoms in total. The summed E-state index contributed by atoms with van der Waals surface area (Å²) in [6, 6.07) is 14.4. The number of nitriles is 1. The molecule has 0 fully saturated rings. The van der Waals surface area contributed by atoms with Gasteiger partial charge < -0.3 is 20.1 Å². The number of amides is 2. The largest absolute Gasteiger partial charge is 0.492 e. The van der Waals surface area contributed by atoms with E-state index in [1.54, 1.807) is 18.2 Å². The fraction of sp³-hybridized carbons (Fsp3) is 0.308. The SMILES string of the molecule is CCOc1ccc([C@@H]2C(C#N)=C(SCC(=O)Nc3ccc(CC)cc3)NC(=O)[C@H]2C(=O)OC)cc1Cl. The van der Waals surface area contributed by atoms with Gasteiger partial charge in [-0.05, 0) is 48.7 Å². The Balaban J connectivity index is 1.89. The number of halogens is 1. The highest BCUT2D eigenvalue weighted by molar-refractivity contribution is 8.03. The maximum atomic E-state index is 13.0. The molecule has 0 aromatic heterocycles. The van der Waals surface area contributed by atoms with Crippen molar-refractivity contribution in [3.05, 3.63) is 69.2 Å². The topological polar surface area (TPSA) is 118 Å².